The molecule has 7 heteroatoms. The predicted molar refractivity (Wildman–Crippen MR) is 70.0 cm³/mol. The smallest absolute Gasteiger partial charge is 0.346 e. The minimum atomic E-state index is -0.470. The largest absolute Gasteiger partial charge is 0.394 e. The number of thioether (sulfide) groups is 1. The highest BCUT2D eigenvalue weighted by Gasteiger charge is 2.19. The molecule has 1 rings (SSSR count). The topological polar surface area (TPSA) is 95.1 Å². The maximum atomic E-state index is 12.1. The van der Waals surface area contributed by atoms with E-state index in [1.54, 1.807) is 13.2 Å². The Morgan fingerprint density at radius 1 is 1.61 bits per heavy atom. The van der Waals surface area contributed by atoms with E-state index in [4.69, 9.17) is 5.11 Å². The van der Waals surface area contributed by atoms with Crippen molar-refractivity contribution in [2.45, 2.75) is 31.3 Å². The Labute approximate surface area is 109 Å². The second-order valence-corrected chi connectivity index (χ2v) is 4.61. The number of nitrogens with zero attached hydrogens (tertiary/aromatic N) is 1. The highest BCUT2D eigenvalue weighted by atomic mass is 32.2. The molecule has 1 amide bonds. The van der Waals surface area contributed by atoms with Gasteiger partial charge in [0.15, 0.2) is 0 Å². The van der Waals surface area contributed by atoms with Crippen molar-refractivity contribution in [3.05, 3.63) is 21.7 Å². The first-order valence-electron chi connectivity index (χ1n) is 5.60. The van der Waals surface area contributed by atoms with Gasteiger partial charge >= 0.3 is 5.69 Å². The first-order chi connectivity index (χ1) is 8.53. The van der Waals surface area contributed by atoms with E-state index in [2.05, 4.69) is 15.3 Å². The molecule has 0 unspecified atom stereocenters. The fourth-order valence-corrected chi connectivity index (χ4v) is 2.13. The number of aliphatic hydroxyl groups is 1. The van der Waals surface area contributed by atoms with E-state index in [1.165, 1.54) is 11.8 Å². The summed E-state index contributed by atoms with van der Waals surface area (Å²) in [4.78, 5) is 29.6. The van der Waals surface area contributed by atoms with Crippen LogP contribution in [0.1, 0.15) is 29.4 Å². The third-order valence-electron chi connectivity index (χ3n) is 2.56. The number of hydrogen-bond donors (Lipinski definition) is 3. The van der Waals surface area contributed by atoms with E-state index < -0.39 is 5.69 Å². The molecular weight excluding hydrogens is 254 g/mol. The van der Waals surface area contributed by atoms with Gasteiger partial charge in [0.2, 0.25) is 0 Å². The lowest BCUT2D eigenvalue weighted by Crippen LogP contribution is -2.38. The Bertz CT molecular complexity index is 483. The Morgan fingerprint density at radius 3 is 2.78 bits per heavy atom. The van der Waals surface area contributed by atoms with Crippen molar-refractivity contribution in [2.75, 3.05) is 12.9 Å². The molecule has 1 aromatic rings. The Hall–Kier alpha value is -1.34. The number of amides is 1. The van der Waals surface area contributed by atoms with Gasteiger partial charge in [0.05, 0.1) is 18.2 Å². The van der Waals surface area contributed by atoms with E-state index >= 15 is 0 Å². The number of carbonyl (C=O) groups excluding carboxylic acids is 1. The molecule has 3 N–H and O–H groups in total. The number of aromatic nitrogens is 2. The number of rotatable bonds is 5. The third-order valence-corrected chi connectivity index (χ3v) is 3.24. The van der Waals surface area contributed by atoms with Crippen molar-refractivity contribution in [3.8, 4) is 0 Å². The second kappa shape index (κ2) is 6.55. The molecule has 6 nitrogen and oxygen atoms in total. The zero-order valence-electron chi connectivity index (χ0n) is 10.6. The van der Waals surface area contributed by atoms with Crippen LogP contribution in [0.15, 0.2) is 9.82 Å². The summed E-state index contributed by atoms with van der Waals surface area (Å²) in [5, 5.41) is 12.2. The number of carbonyl (C=O) groups is 1. The molecule has 0 aliphatic heterocycles. The van der Waals surface area contributed by atoms with Gasteiger partial charge < -0.3 is 15.4 Å². The summed E-state index contributed by atoms with van der Waals surface area (Å²) in [6.07, 6.45) is 2.38. The van der Waals surface area contributed by atoms with Crippen molar-refractivity contribution < 1.29 is 9.90 Å². The molecular formula is C11H17N3O3S. The first-order valence-corrected chi connectivity index (χ1v) is 6.82. The number of aromatic amines is 1. The SMILES string of the molecule is CC[C@H](CO)NC(=O)c1c(SC)nc(=O)[nH]c1C. The van der Waals surface area contributed by atoms with Crippen LogP contribution in [0.4, 0.5) is 0 Å². The van der Waals surface area contributed by atoms with Crippen LogP contribution in [0.5, 0.6) is 0 Å². The lowest BCUT2D eigenvalue weighted by atomic mass is 10.2. The zero-order chi connectivity index (χ0) is 13.7. The van der Waals surface area contributed by atoms with Gasteiger partial charge in [0, 0.05) is 5.69 Å². The van der Waals surface area contributed by atoms with Gasteiger partial charge in [0.1, 0.15) is 5.03 Å². The van der Waals surface area contributed by atoms with Crippen molar-refractivity contribution >= 4 is 17.7 Å². The van der Waals surface area contributed by atoms with Gasteiger partial charge in [-0.2, -0.15) is 4.98 Å². The summed E-state index contributed by atoms with van der Waals surface area (Å²) in [5.41, 5.74) is 0.362. The summed E-state index contributed by atoms with van der Waals surface area (Å²) in [6.45, 7) is 3.40. The lowest BCUT2D eigenvalue weighted by Gasteiger charge is -2.15. The predicted octanol–water partition coefficient (Wildman–Crippen LogP) is 0.301. The Morgan fingerprint density at radius 2 is 2.28 bits per heavy atom. The summed E-state index contributed by atoms with van der Waals surface area (Å²) < 4.78 is 0. The fraction of sp³-hybridized carbons (Fsp3) is 0.545. The number of aliphatic hydroxyl groups excluding tert-OH is 1. The first kappa shape index (κ1) is 14.7. The summed E-state index contributed by atoms with van der Waals surface area (Å²) in [5.74, 6) is -0.332. The van der Waals surface area contributed by atoms with Crippen LogP contribution in [-0.2, 0) is 0 Å². The molecule has 0 aliphatic rings. The van der Waals surface area contributed by atoms with Crippen LogP contribution in [0.2, 0.25) is 0 Å². The Balaban J connectivity index is 3.08. The molecule has 0 radical (unpaired) electrons. The van der Waals surface area contributed by atoms with Crippen molar-refractivity contribution in [3.63, 3.8) is 0 Å². The highest BCUT2D eigenvalue weighted by Crippen LogP contribution is 2.18. The molecule has 0 saturated carbocycles. The van der Waals surface area contributed by atoms with E-state index in [0.717, 1.165) is 0 Å². The van der Waals surface area contributed by atoms with Crippen molar-refractivity contribution in [1.82, 2.24) is 15.3 Å². The average Bonchev–Trinajstić information content (AvgIpc) is 2.34. The number of nitrogens with one attached hydrogen (secondary N) is 2. The maximum Gasteiger partial charge on any atom is 0.346 e. The molecule has 100 valence electrons. The van der Waals surface area contributed by atoms with E-state index in [9.17, 15) is 9.59 Å². The molecule has 0 spiro atoms. The van der Waals surface area contributed by atoms with Gasteiger partial charge in [-0.05, 0) is 19.6 Å². The van der Waals surface area contributed by atoms with Gasteiger partial charge in [-0.1, -0.05) is 6.92 Å². The van der Waals surface area contributed by atoms with Gasteiger partial charge in [0.25, 0.3) is 5.91 Å². The van der Waals surface area contributed by atoms with Crippen LogP contribution in [0, 0.1) is 6.92 Å². The number of aryl methyl sites for hydroxylation is 1. The van der Waals surface area contributed by atoms with Crippen LogP contribution in [0.3, 0.4) is 0 Å². The average molecular weight is 271 g/mol. The zero-order valence-corrected chi connectivity index (χ0v) is 11.4. The second-order valence-electron chi connectivity index (χ2n) is 3.81. The van der Waals surface area contributed by atoms with E-state index in [0.29, 0.717) is 22.7 Å². The molecule has 1 aromatic heterocycles. The highest BCUT2D eigenvalue weighted by molar-refractivity contribution is 7.98. The van der Waals surface area contributed by atoms with Crippen LogP contribution in [0.25, 0.3) is 0 Å². The monoisotopic (exact) mass is 271 g/mol. The molecule has 0 fully saturated rings. The molecule has 1 atom stereocenters. The fourth-order valence-electron chi connectivity index (χ4n) is 1.51. The summed E-state index contributed by atoms with van der Waals surface area (Å²) in [7, 11) is 0. The normalized spacial score (nSPS) is 12.2. The molecule has 0 aromatic carbocycles. The molecule has 1 heterocycles. The minimum Gasteiger partial charge on any atom is -0.394 e. The molecule has 0 aliphatic carbocycles. The Kier molecular flexibility index (Phi) is 5.36. The third kappa shape index (κ3) is 3.33. The van der Waals surface area contributed by atoms with E-state index in [1.807, 2.05) is 6.92 Å². The summed E-state index contributed by atoms with van der Waals surface area (Å²) in [6, 6.07) is -0.293. The van der Waals surface area contributed by atoms with Gasteiger partial charge in [-0.3, -0.25) is 4.79 Å². The molecule has 0 saturated heterocycles. The minimum absolute atomic E-state index is 0.118. The van der Waals surface area contributed by atoms with Crippen molar-refractivity contribution in [2.24, 2.45) is 0 Å². The quantitative estimate of drug-likeness (QED) is 0.529. The standard InChI is InChI=1S/C11H17N3O3S/c1-4-7(5-15)13-9(16)8-6(2)12-11(17)14-10(8)18-3/h7,15H,4-5H2,1-3H3,(H,13,16)(H,12,14,17)/t7-/m1/s1. The number of H-pyrrole nitrogens is 1. The lowest BCUT2D eigenvalue weighted by molar-refractivity contribution is 0.0910. The van der Waals surface area contributed by atoms with Crippen molar-refractivity contribution in [1.29, 1.82) is 0 Å². The van der Waals surface area contributed by atoms with Crippen LogP contribution < -0.4 is 11.0 Å². The van der Waals surface area contributed by atoms with Crippen LogP contribution >= 0.6 is 11.8 Å². The molecule has 18 heavy (non-hydrogen) atoms. The number of hydrogen-bond acceptors (Lipinski definition) is 5. The van der Waals surface area contributed by atoms with E-state index in [-0.39, 0.29) is 18.6 Å². The molecule has 0 bridgehead atoms. The van der Waals surface area contributed by atoms with Gasteiger partial charge in [-0.25, -0.2) is 4.79 Å². The van der Waals surface area contributed by atoms with Crippen LogP contribution in [-0.4, -0.2) is 39.9 Å². The summed E-state index contributed by atoms with van der Waals surface area (Å²) >= 11 is 1.24. The maximum absolute atomic E-state index is 12.1. The van der Waals surface area contributed by atoms with Gasteiger partial charge in [-0.15, -0.1) is 11.8 Å².